The van der Waals surface area contributed by atoms with Crippen LogP contribution >= 0.6 is 11.6 Å². The highest BCUT2D eigenvalue weighted by atomic mass is 35.5. The molecule has 0 radical (unpaired) electrons. The lowest BCUT2D eigenvalue weighted by molar-refractivity contribution is 0.202. The SMILES string of the molecule is CN1CC[C@@H]2[C@@H](CCN2c2ccc(Cl)cn2)C1. The van der Waals surface area contributed by atoms with E-state index in [4.69, 9.17) is 11.6 Å². The highest BCUT2D eigenvalue weighted by molar-refractivity contribution is 6.30. The first-order valence-electron chi connectivity index (χ1n) is 6.31. The van der Waals surface area contributed by atoms with Gasteiger partial charge in [0.25, 0.3) is 0 Å². The summed E-state index contributed by atoms with van der Waals surface area (Å²) < 4.78 is 0. The molecular formula is C13H18ClN3. The van der Waals surface area contributed by atoms with E-state index in [1.165, 1.54) is 25.9 Å². The van der Waals surface area contributed by atoms with Crippen LogP contribution in [0, 0.1) is 5.92 Å². The Balaban J connectivity index is 1.79. The van der Waals surface area contributed by atoms with Gasteiger partial charge in [-0.2, -0.15) is 0 Å². The molecule has 0 aliphatic carbocycles. The number of piperidine rings is 1. The Hall–Kier alpha value is -0.800. The van der Waals surface area contributed by atoms with Gasteiger partial charge in [0.2, 0.25) is 0 Å². The van der Waals surface area contributed by atoms with Gasteiger partial charge in [0.05, 0.1) is 5.02 Å². The second-order valence-corrected chi connectivity index (χ2v) is 5.63. The van der Waals surface area contributed by atoms with E-state index in [0.717, 1.165) is 18.3 Å². The van der Waals surface area contributed by atoms with Crippen LogP contribution < -0.4 is 4.90 Å². The van der Waals surface area contributed by atoms with Crippen molar-refractivity contribution in [3.05, 3.63) is 23.4 Å². The predicted molar refractivity (Wildman–Crippen MR) is 70.6 cm³/mol. The average Bonchev–Trinajstić information content (AvgIpc) is 2.73. The molecular weight excluding hydrogens is 234 g/mol. The van der Waals surface area contributed by atoms with Crippen LogP contribution in [-0.2, 0) is 0 Å². The quantitative estimate of drug-likeness (QED) is 0.763. The van der Waals surface area contributed by atoms with Crippen LogP contribution in [0.3, 0.4) is 0 Å². The molecule has 2 atom stereocenters. The Morgan fingerprint density at radius 2 is 2.18 bits per heavy atom. The third kappa shape index (κ3) is 2.14. The lowest BCUT2D eigenvalue weighted by Crippen LogP contribution is -2.44. The van der Waals surface area contributed by atoms with Gasteiger partial charge >= 0.3 is 0 Å². The van der Waals surface area contributed by atoms with Crippen molar-refractivity contribution >= 4 is 17.4 Å². The van der Waals surface area contributed by atoms with E-state index < -0.39 is 0 Å². The first kappa shape index (κ1) is 11.3. The van der Waals surface area contributed by atoms with Crippen molar-refractivity contribution in [2.24, 2.45) is 5.92 Å². The molecule has 0 spiro atoms. The zero-order valence-corrected chi connectivity index (χ0v) is 10.9. The van der Waals surface area contributed by atoms with Gasteiger partial charge in [-0.1, -0.05) is 11.6 Å². The first-order chi connectivity index (χ1) is 8.24. The molecule has 2 aliphatic heterocycles. The number of nitrogens with zero attached hydrogens (tertiary/aromatic N) is 3. The fourth-order valence-electron chi connectivity index (χ4n) is 3.19. The summed E-state index contributed by atoms with van der Waals surface area (Å²) in [6.45, 7) is 3.57. The summed E-state index contributed by atoms with van der Waals surface area (Å²) in [6.07, 6.45) is 4.30. The molecule has 3 nitrogen and oxygen atoms in total. The smallest absolute Gasteiger partial charge is 0.128 e. The van der Waals surface area contributed by atoms with Gasteiger partial charge in [-0.15, -0.1) is 0 Å². The average molecular weight is 252 g/mol. The molecule has 3 heterocycles. The van der Waals surface area contributed by atoms with E-state index in [1.807, 2.05) is 12.1 Å². The molecule has 92 valence electrons. The molecule has 0 unspecified atom stereocenters. The molecule has 0 bridgehead atoms. The van der Waals surface area contributed by atoms with Gasteiger partial charge in [-0.3, -0.25) is 0 Å². The molecule has 4 heteroatoms. The summed E-state index contributed by atoms with van der Waals surface area (Å²) in [5.41, 5.74) is 0. The second-order valence-electron chi connectivity index (χ2n) is 5.20. The number of likely N-dealkylation sites (tertiary alicyclic amines) is 1. The van der Waals surface area contributed by atoms with Crippen LogP contribution in [0.4, 0.5) is 5.82 Å². The van der Waals surface area contributed by atoms with Crippen molar-refractivity contribution in [3.8, 4) is 0 Å². The summed E-state index contributed by atoms with van der Waals surface area (Å²) in [6, 6.07) is 4.66. The van der Waals surface area contributed by atoms with E-state index in [-0.39, 0.29) is 0 Å². The molecule has 0 saturated carbocycles. The van der Waals surface area contributed by atoms with Gasteiger partial charge in [-0.25, -0.2) is 4.98 Å². The van der Waals surface area contributed by atoms with Gasteiger partial charge in [0.1, 0.15) is 5.82 Å². The Bertz CT molecular complexity index is 392. The predicted octanol–water partition coefficient (Wildman–Crippen LogP) is 2.27. The van der Waals surface area contributed by atoms with Gasteiger partial charge in [0, 0.05) is 25.3 Å². The molecule has 2 fully saturated rings. The molecule has 0 aromatic carbocycles. The van der Waals surface area contributed by atoms with Crippen molar-refractivity contribution in [2.75, 3.05) is 31.6 Å². The maximum absolute atomic E-state index is 5.89. The Morgan fingerprint density at radius 3 is 2.94 bits per heavy atom. The second kappa shape index (κ2) is 4.46. The molecule has 2 aliphatic rings. The normalized spacial score (nSPS) is 29.4. The topological polar surface area (TPSA) is 19.4 Å². The Kier molecular flexibility index (Phi) is 2.97. The molecule has 1 aromatic heterocycles. The number of aromatic nitrogens is 1. The highest BCUT2D eigenvalue weighted by Gasteiger charge is 2.37. The lowest BCUT2D eigenvalue weighted by atomic mass is 9.93. The van der Waals surface area contributed by atoms with Crippen LogP contribution in [0.25, 0.3) is 0 Å². The number of anilines is 1. The number of pyridine rings is 1. The largest absolute Gasteiger partial charge is 0.353 e. The summed E-state index contributed by atoms with van der Waals surface area (Å²) >= 11 is 5.89. The number of hydrogen-bond donors (Lipinski definition) is 0. The standard InChI is InChI=1S/C13H18ClN3/c1-16-6-5-12-10(9-16)4-7-17(12)13-3-2-11(14)8-15-13/h2-3,8,10,12H,4-7,9H2,1H3/t10-,12+/m0/s1. The molecule has 17 heavy (non-hydrogen) atoms. The first-order valence-corrected chi connectivity index (χ1v) is 6.68. The van der Waals surface area contributed by atoms with E-state index in [1.54, 1.807) is 6.20 Å². The molecule has 2 saturated heterocycles. The highest BCUT2D eigenvalue weighted by Crippen LogP contribution is 2.33. The van der Waals surface area contributed by atoms with E-state index in [9.17, 15) is 0 Å². The van der Waals surface area contributed by atoms with Crippen LogP contribution in [0.15, 0.2) is 18.3 Å². The molecule has 0 amide bonds. The molecule has 0 N–H and O–H groups in total. The van der Waals surface area contributed by atoms with Gasteiger partial charge < -0.3 is 9.80 Å². The van der Waals surface area contributed by atoms with E-state index in [0.29, 0.717) is 11.1 Å². The van der Waals surface area contributed by atoms with Crippen molar-refractivity contribution in [3.63, 3.8) is 0 Å². The van der Waals surface area contributed by atoms with Crippen LogP contribution in [0.5, 0.6) is 0 Å². The minimum Gasteiger partial charge on any atom is -0.353 e. The number of halogens is 1. The zero-order chi connectivity index (χ0) is 11.8. The van der Waals surface area contributed by atoms with E-state index in [2.05, 4.69) is 21.8 Å². The van der Waals surface area contributed by atoms with Crippen molar-refractivity contribution < 1.29 is 0 Å². The number of fused-ring (bicyclic) bond motifs is 1. The minimum atomic E-state index is 0.680. The minimum absolute atomic E-state index is 0.680. The number of rotatable bonds is 1. The third-order valence-corrected chi connectivity index (χ3v) is 4.27. The van der Waals surface area contributed by atoms with Gasteiger partial charge in [-0.05, 0) is 44.5 Å². The zero-order valence-electron chi connectivity index (χ0n) is 10.1. The fourth-order valence-corrected chi connectivity index (χ4v) is 3.30. The van der Waals surface area contributed by atoms with Crippen molar-refractivity contribution in [2.45, 2.75) is 18.9 Å². The summed E-state index contributed by atoms with van der Waals surface area (Å²) in [5, 5.41) is 0.716. The molecule has 3 rings (SSSR count). The van der Waals surface area contributed by atoms with Crippen LogP contribution in [0.2, 0.25) is 5.02 Å². The van der Waals surface area contributed by atoms with Crippen LogP contribution in [-0.4, -0.2) is 42.6 Å². The van der Waals surface area contributed by atoms with Crippen molar-refractivity contribution in [1.82, 2.24) is 9.88 Å². The molecule has 1 aromatic rings. The Labute approximate surface area is 107 Å². The fraction of sp³-hybridized carbons (Fsp3) is 0.615. The van der Waals surface area contributed by atoms with Gasteiger partial charge in [0.15, 0.2) is 0 Å². The monoisotopic (exact) mass is 251 g/mol. The third-order valence-electron chi connectivity index (χ3n) is 4.04. The maximum Gasteiger partial charge on any atom is 0.128 e. The lowest BCUT2D eigenvalue weighted by Gasteiger charge is -2.36. The Morgan fingerprint density at radius 1 is 1.29 bits per heavy atom. The summed E-state index contributed by atoms with van der Waals surface area (Å²) in [5.74, 6) is 1.90. The summed E-state index contributed by atoms with van der Waals surface area (Å²) in [4.78, 5) is 9.36. The summed E-state index contributed by atoms with van der Waals surface area (Å²) in [7, 11) is 2.22. The maximum atomic E-state index is 5.89. The van der Waals surface area contributed by atoms with Crippen LogP contribution in [0.1, 0.15) is 12.8 Å². The number of hydrogen-bond acceptors (Lipinski definition) is 3. The van der Waals surface area contributed by atoms with E-state index >= 15 is 0 Å². The van der Waals surface area contributed by atoms with Crippen molar-refractivity contribution in [1.29, 1.82) is 0 Å².